The number of benzene rings is 1. The summed E-state index contributed by atoms with van der Waals surface area (Å²) in [7, 11) is -1.97. The zero-order chi connectivity index (χ0) is 21.2. The lowest BCUT2D eigenvalue weighted by molar-refractivity contribution is -0.144. The molecule has 1 fully saturated rings. The average molecular weight is 443 g/mol. The highest BCUT2D eigenvalue weighted by atomic mass is 32.2. The van der Waals surface area contributed by atoms with E-state index in [0.717, 1.165) is 29.9 Å². The third-order valence-electron chi connectivity index (χ3n) is 4.41. The zero-order valence-electron chi connectivity index (χ0n) is 15.5. The molecular formula is C18H18FNO7S2. The molecule has 1 saturated heterocycles. The number of carbonyl (C=O) groups excluding carboxylic acids is 2. The van der Waals surface area contributed by atoms with Gasteiger partial charge in [-0.1, -0.05) is 12.1 Å². The molecule has 3 rings (SSSR count). The molecule has 0 spiro atoms. The van der Waals surface area contributed by atoms with Gasteiger partial charge >= 0.3 is 11.9 Å². The lowest BCUT2D eigenvalue weighted by atomic mass is 10.2. The number of ether oxygens (including phenoxy) is 3. The highest BCUT2D eigenvalue weighted by Crippen LogP contribution is 2.33. The zero-order valence-corrected chi connectivity index (χ0v) is 17.2. The van der Waals surface area contributed by atoms with E-state index in [9.17, 15) is 22.4 Å². The van der Waals surface area contributed by atoms with Crippen LogP contribution in [0.25, 0.3) is 0 Å². The van der Waals surface area contributed by atoms with Crippen LogP contribution in [-0.4, -0.2) is 57.6 Å². The van der Waals surface area contributed by atoms with E-state index in [4.69, 9.17) is 9.47 Å². The molecule has 0 radical (unpaired) electrons. The lowest BCUT2D eigenvalue weighted by Crippen LogP contribution is -2.41. The third kappa shape index (κ3) is 4.11. The predicted octanol–water partition coefficient (Wildman–Crippen LogP) is 2.06. The van der Waals surface area contributed by atoms with E-state index in [1.165, 1.54) is 29.6 Å². The van der Waals surface area contributed by atoms with Crippen LogP contribution in [0.1, 0.15) is 16.1 Å². The van der Waals surface area contributed by atoms with Crippen molar-refractivity contribution in [2.45, 2.75) is 23.5 Å². The number of hydrogen-bond donors (Lipinski definition) is 0. The Morgan fingerprint density at radius 3 is 2.55 bits per heavy atom. The van der Waals surface area contributed by atoms with E-state index in [-0.39, 0.29) is 28.5 Å². The molecule has 11 heteroatoms. The quantitative estimate of drug-likeness (QED) is 0.630. The van der Waals surface area contributed by atoms with Crippen molar-refractivity contribution in [2.24, 2.45) is 0 Å². The summed E-state index contributed by atoms with van der Waals surface area (Å²) in [6.45, 7) is -0.215. The van der Waals surface area contributed by atoms with Crippen LogP contribution in [0.2, 0.25) is 0 Å². The number of para-hydroxylation sites is 1. The molecule has 0 bridgehead atoms. The first-order valence-electron chi connectivity index (χ1n) is 8.46. The number of halogens is 1. The Morgan fingerprint density at radius 2 is 1.90 bits per heavy atom. The molecule has 156 valence electrons. The fourth-order valence-corrected chi connectivity index (χ4v) is 5.99. The van der Waals surface area contributed by atoms with Crippen molar-refractivity contribution >= 4 is 33.3 Å². The van der Waals surface area contributed by atoms with Gasteiger partial charge in [-0.25, -0.2) is 17.6 Å². The van der Waals surface area contributed by atoms with E-state index in [1.807, 2.05) is 0 Å². The molecule has 1 aromatic heterocycles. The second-order valence-corrected chi connectivity index (χ2v) is 8.90. The molecule has 1 aliphatic rings. The summed E-state index contributed by atoms with van der Waals surface area (Å²) < 4.78 is 56.2. The van der Waals surface area contributed by atoms with Crippen LogP contribution in [-0.2, 0) is 24.3 Å². The summed E-state index contributed by atoms with van der Waals surface area (Å²) >= 11 is 0.911. The number of rotatable bonds is 6. The number of methoxy groups -OCH3 is 2. The molecule has 0 aliphatic carbocycles. The average Bonchev–Trinajstić information content (AvgIpc) is 3.36. The Hall–Kier alpha value is -2.50. The van der Waals surface area contributed by atoms with Gasteiger partial charge in [-0.05, 0) is 23.6 Å². The van der Waals surface area contributed by atoms with Gasteiger partial charge in [0.2, 0.25) is 10.0 Å². The van der Waals surface area contributed by atoms with Crippen molar-refractivity contribution in [3.63, 3.8) is 0 Å². The van der Waals surface area contributed by atoms with Crippen molar-refractivity contribution < 1.29 is 36.6 Å². The highest BCUT2D eigenvalue weighted by Gasteiger charge is 2.47. The smallest absolute Gasteiger partial charge is 0.349 e. The van der Waals surface area contributed by atoms with Crippen LogP contribution in [0.5, 0.6) is 5.75 Å². The van der Waals surface area contributed by atoms with Crippen molar-refractivity contribution in [1.29, 1.82) is 0 Å². The Kier molecular flexibility index (Phi) is 6.20. The molecule has 1 aliphatic heterocycles. The minimum atomic E-state index is -4.25. The summed E-state index contributed by atoms with van der Waals surface area (Å²) in [5, 5.41) is 1.44. The van der Waals surface area contributed by atoms with Gasteiger partial charge in [0.1, 0.15) is 21.9 Å². The predicted molar refractivity (Wildman–Crippen MR) is 101 cm³/mol. The molecule has 8 nitrogen and oxygen atoms in total. The van der Waals surface area contributed by atoms with Crippen LogP contribution in [0, 0.1) is 5.82 Å². The SMILES string of the molecule is COC(=O)c1sccc1S(=O)(=O)N1C[C@@H](Oc2ccccc2F)C[C@H]1C(=O)OC. The van der Waals surface area contributed by atoms with Gasteiger partial charge in [0.05, 0.1) is 20.8 Å². The molecule has 29 heavy (non-hydrogen) atoms. The van der Waals surface area contributed by atoms with E-state index in [0.29, 0.717) is 0 Å². The first-order valence-corrected chi connectivity index (χ1v) is 10.8. The number of nitrogens with zero attached hydrogens (tertiary/aromatic N) is 1. The lowest BCUT2D eigenvalue weighted by Gasteiger charge is -2.21. The van der Waals surface area contributed by atoms with E-state index >= 15 is 0 Å². The van der Waals surface area contributed by atoms with E-state index < -0.39 is 39.9 Å². The number of hydrogen-bond acceptors (Lipinski definition) is 8. The van der Waals surface area contributed by atoms with Gasteiger partial charge in [-0.3, -0.25) is 4.79 Å². The van der Waals surface area contributed by atoms with Crippen molar-refractivity contribution in [2.75, 3.05) is 20.8 Å². The highest BCUT2D eigenvalue weighted by molar-refractivity contribution is 7.89. The Morgan fingerprint density at radius 1 is 1.17 bits per heavy atom. The summed E-state index contributed by atoms with van der Waals surface area (Å²) in [5.74, 6) is -2.23. The van der Waals surface area contributed by atoms with Crippen LogP contribution in [0.15, 0.2) is 40.6 Å². The fraction of sp³-hybridized carbons (Fsp3) is 0.333. The normalized spacial score (nSPS) is 19.7. The summed E-state index contributed by atoms with van der Waals surface area (Å²) in [6, 6.07) is 5.79. The van der Waals surface area contributed by atoms with Crippen molar-refractivity contribution in [3.8, 4) is 5.75 Å². The van der Waals surface area contributed by atoms with Gasteiger partial charge in [-0.2, -0.15) is 4.31 Å². The van der Waals surface area contributed by atoms with Crippen LogP contribution < -0.4 is 4.74 Å². The molecule has 2 aromatic rings. The van der Waals surface area contributed by atoms with Gasteiger partial charge in [-0.15, -0.1) is 11.3 Å². The molecule has 0 amide bonds. The molecule has 2 atom stereocenters. The number of esters is 2. The monoisotopic (exact) mass is 443 g/mol. The standard InChI is InChI=1S/C18H18FNO7S2/c1-25-17(21)13-9-11(27-14-6-4-3-5-12(14)19)10-20(13)29(23,24)15-7-8-28-16(15)18(22)26-2/h3-8,11,13H,9-10H2,1-2H3/t11-,13-/m0/s1. The largest absolute Gasteiger partial charge is 0.486 e. The number of carbonyl (C=O) groups is 2. The van der Waals surface area contributed by atoms with E-state index in [2.05, 4.69) is 4.74 Å². The Balaban J connectivity index is 1.93. The topological polar surface area (TPSA) is 99.2 Å². The maximum absolute atomic E-state index is 13.9. The Bertz CT molecular complexity index is 1020. The van der Waals surface area contributed by atoms with Gasteiger partial charge in [0.15, 0.2) is 11.6 Å². The summed E-state index contributed by atoms with van der Waals surface area (Å²) in [5.41, 5.74) is 0. The number of sulfonamides is 1. The second-order valence-electron chi connectivity index (χ2n) is 6.13. The summed E-state index contributed by atoms with van der Waals surface area (Å²) in [6.07, 6.45) is -0.816. The maximum Gasteiger partial charge on any atom is 0.349 e. The Labute approximate surface area is 170 Å². The van der Waals surface area contributed by atoms with Crippen LogP contribution in [0.4, 0.5) is 4.39 Å². The third-order valence-corrected chi connectivity index (χ3v) is 7.35. The first kappa shape index (κ1) is 21.2. The number of thiophene rings is 1. The van der Waals surface area contributed by atoms with Gasteiger partial charge < -0.3 is 14.2 Å². The van der Waals surface area contributed by atoms with Gasteiger partial charge in [0, 0.05) is 6.42 Å². The molecule has 0 N–H and O–H groups in total. The van der Waals surface area contributed by atoms with E-state index in [1.54, 1.807) is 6.07 Å². The van der Waals surface area contributed by atoms with Gasteiger partial charge in [0.25, 0.3) is 0 Å². The fourth-order valence-electron chi connectivity index (χ4n) is 3.06. The van der Waals surface area contributed by atoms with Crippen molar-refractivity contribution in [1.82, 2.24) is 4.31 Å². The molecule has 0 unspecified atom stereocenters. The maximum atomic E-state index is 13.9. The molecular weight excluding hydrogens is 425 g/mol. The van der Waals surface area contributed by atoms with Crippen LogP contribution in [0.3, 0.4) is 0 Å². The van der Waals surface area contributed by atoms with Crippen LogP contribution >= 0.6 is 11.3 Å². The molecule has 1 aromatic carbocycles. The first-order chi connectivity index (χ1) is 13.8. The molecule has 0 saturated carbocycles. The second kappa shape index (κ2) is 8.47. The minimum absolute atomic E-state index is 0.0298. The molecule has 2 heterocycles. The van der Waals surface area contributed by atoms with Crippen molar-refractivity contribution in [3.05, 3.63) is 46.4 Å². The minimum Gasteiger partial charge on any atom is -0.486 e. The summed E-state index contributed by atoms with van der Waals surface area (Å²) in [4.78, 5) is 23.8.